The summed E-state index contributed by atoms with van der Waals surface area (Å²) in [4.78, 5) is 25.9. The van der Waals surface area contributed by atoms with Crippen LogP contribution < -0.4 is 29.8 Å². The highest BCUT2D eigenvalue weighted by Gasteiger charge is 2.18. The summed E-state index contributed by atoms with van der Waals surface area (Å²) in [5.41, 5.74) is 2.13. The first-order valence-electron chi connectivity index (χ1n) is 9.84. The van der Waals surface area contributed by atoms with Crippen molar-refractivity contribution in [3.8, 4) is 23.0 Å². The number of aryl methyl sites for hydroxylation is 1. The summed E-state index contributed by atoms with van der Waals surface area (Å²) in [6.45, 7) is 2.72. The molecule has 0 saturated heterocycles. The predicted octanol–water partition coefficient (Wildman–Crippen LogP) is 2.59. The lowest BCUT2D eigenvalue weighted by Crippen LogP contribution is -2.34. The van der Waals surface area contributed by atoms with Gasteiger partial charge in [-0.05, 0) is 53.9 Å². The third-order valence-corrected chi connectivity index (χ3v) is 5.28. The van der Waals surface area contributed by atoms with Gasteiger partial charge in [0.25, 0.3) is 11.5 Å². The molecular formula is C23H20N2O6. The largest absolute Gasteiger partial charge is 0.454 e. The number of rotatable bonds is 5. The van der Waals surface area contributed by atoms with Crippen LogP contribution in [0.1, 0.15) is 27.0 Å². The van der Waals surface area contributed by atoms with Crippen molar-refractivity contribution in [1.82, 2.24) is 9.88 Å². The Bertz CT molecular complexity index is 1230. The summed E-state index contributed by atoms with van der Waals surface area (Å²) >= 11 is 0. The molecule has 0 unspecified atom stereocenters. The van der Waals surface area contributed by atoms with Gasteiger partial charge in [-0.25, -0.2) is 0 Å². The Morgan fingerprint density at radius 3 is 2.23 bits per heavy atom. The topological polar surface area (TPSA) is 88.0 Å². The van der Waals surface area contributed by atoms with Crippen LogP contribution in [0.25, 0.3) is 0 Å². The highest BCUT2D eigenvalue weighted by atomic mass is 16.7. The molecule has 8 heteroatoms. The van der Waals surface area contributed by atoms with Crippen molar-refractivity contribution >= 4 is 5.91 Å². The number of pyridine rings is 1. The lowest BCUT2D eigenvalue weighted by molar-refractivity contribution is 0.0948. The number of carbonyl (C=O) groups excluding carboxylic acids is 1. The molecule has 158 valence electrons. The summed E-state index contributed by atoms with van der Waals surface area (Å²) in [5, 5.41) is 2.83. The summed E-state index contributed by atoms with van der Waals surface area (Å²) in [7, 11) is 0. The molecule has 3 heterocycles. The number of amides is 1. The summed E-state index contributed by atoms with van der Waals surface area (Å²) in [6, 6.07) is 12.8. The van der Waals surface area contributed by atoms with Crippen molar-refractivity contribution in [2.75, 3.05) is 13.6 Å². The molecule has 31 heavy (non-hydrogen) atoms. The van der Waals surface area contributed by atoms with E-state index in [0.717, 1.165) is 11.1 Å². The van der Waals surface area contributed by atoms with E-state index in [4.69, 9.17) is 18.9 Å². The normalized spacial score (nSPS) is 13.3. The molecule has 1 aromatic heterocycles. The average Bonchev–Trinajstić information content (AvgIpc) is 3.42. The first-order valence-corrected chi connectivity index (χ1v) is 9.84. The van der Waals surface area contributed by atoms with E-state index in [0.29, 0.717) is 35.1 Å². The third-order valence-electron chi connectivity index (χ3n) is 5.28. The molecule has 0 aliphatic carbocycles. The maximum absolute atomic E-state index is 13.0. The molecule has 0 bridgehead atoms. The summed E-state index contributed by atoms with van der Waals surface area (Å²) in [6.07, 6.45) is 1.69. The number of carbonyl (C=O) groups is 1. The van der Waals surface area contributed by atoms with Crippen LogP contribution in [0.5, 0.6) is 23.0 Å². The van der Waals surface area contributed by atoms with Crippen molar-refractivity contribution in [3.63, 3.8) is 0 Å². The van der Waals surface area contributed by atoms with Crippen molar-refractivity contribution in [3.05, 3.63) is 81.3 Å². The molecule has 8 nitrogen and oxygen atoms in total. The van der Waals surface area contributed by atoms with E-state index in [1.165, 1.54) is 4.57 Å². The van der Waals surface area contributed by atoms with Gasteiger partial charge in [-0.1, -0.05) is 12.1 Å². The molecule has 0 saturated carbocycles. The zero-order valence-corrected chi connectivity index (χ0v) is 16.8. The molecule has 2 aromatic carbocycles. The smallest absolute Gasteiger partial charge is 0.263 e. The molecule has 0 spiro atoms. The van der Waals surface area contributed by atoms with Gasteiger partial charge in [0.2, 0.25) is 13.6 Å². The number of aromatic nitrogens is 1. The molecule has 1 N–H and O–H groups in total. The molecule has 3 aromatic rings. The SMILES string of the molecule is Cc1ccn(Cc2ccc3c(c2)OCO3)c(=O)c1C(=O)NCc1ccc2c(c1)OCO2. The second-order valence-electron chi connectivity index (χ2n) is 7.36. The molecule has 0 radical (unpaired) electrons. The van der Waals surface area contributed by atoms with E-state index >= 15 is 0 Å². The van der Waals surface area contributed by atoms with Crippen LogP contribution in [0.4, 0.5) is 0 Å². The molecule has 2 aliphatic rings. The van der Waals surface area contributed by atoms with Gasteiger partial charge in [-0.3, -0.25) is 9.59 Å². The van der Waals surface area contributed by atoms with Crippen LogP contribution in [0.15, 0.2) is 53.5 Å². The standard InChI is InChI=1S/C23H20N2O6/c1-14-6-7-25(11-16-3-5-18-20(9-16)31-13-29-18)23(27)21(14)22(26)24-10-15-2-4-17-19(8-15)30-12-28-17/h2-9H,10-13H2,1H3,(H,24,26). The number of ether oxygens (including phenoxy) is 4. The van der Waals surface area contributed by atoms with E-state index < -0.39 is 5.91 Å². The van der Waals surface area contributed by atoms with Gasteiger partial charge in [0.05, 0.1) is 6.54 Å². The number of nitrogens with one attached hydrogen (secondary N) is 1. The lowest BCUT2D eigenvalue weighted by atomic mass is 10.1. The Balaban J connectivity index is 1.34. The minimum absolute atomic E-state index is 0.129. The van der Waals surface area contributed by atoms with Gasteiger partial charge in [0, 0.05) is 12.7 Å². The van der Waals surface area contributed by atoms with Gasteiger partial charge in [-0.15, -0.1) is 0 Å². The van der Waals surface area contributed by atoms with Gasteiger partial charge in [0.1, 0.15) is 5.56 Å². The first kappa shape index (κ1) is 19.0. The molecule has 1 amide bonds. The zero-order chi connectivity index (χ0) is 21.4. The summed E-state index contributed by atoms with van der Waals surface area (Å²) in [5.74, 6) is 2.25. The molecule has 2 aliphatic heterocycles. The Morgan fingerprint density at radius 2 is 1.52 bits per heavy atom. The fourth-order valence-corrected chi connectivity index (χ4v) is 3.62. The van der Waals surface area contributed by atoms with Gasteiger partial charge in [0.15, 0.2) is 23.0 Å². The second kappa shape index (κ2) is 7.71. The Labute approximate surface area is 177 Å². The number of fused-ring (bicyclic) bond motifs is 2. The van der Waals surface area contributed by atoms with Crippen LogP contribution in [0, 0.1) is 6.92 Å². The molecule has 5 rings (SSSR count). The van der Waals surface area contributed by atoms with Crippen molar-refractivity contribution in [2.45, 2.75) is 20.0 Å². The maximum atomic E-state index is 13.0. The number of hydrogen-bond acceptors (Lipinski definition) is 6. The van der Waals surface area contributed by atoms with Crippen LogP contribution in [-0.2, 0) is 13.1 Å². The van der Waals surface area contributed by atoms with Crippen molar-refractivity contribution in [2.24, 2.45) is 0 Å². The zero-order valence-electron chi connectivity index (χ0n) is 16.8. The third kappa shape index (κ3) is 3.68. The maximum Gasteiger partial charge on any atom is 0.263 e. The lowest BCUT2D eigenvalue weighted by Gasteiger charge is -2.12. The minimum Gasteiger partial charge on any atom is -0.454 e. The Kier molecular flexibility index (Phi) is 4.74. The van der Waals surface area contributed by atoms with E-state index in [1.807, 2.05) is 30.3 Å². The number of benzene rings is 2. The van der Waals surface area contributed by atoms with E-state index in [1.54, 1.807) is 25.3 Å². The van der Waals surface area contributed by atoms with Gasteiger partial charge in [-0.2, -0.15) is 0 Å². The van der Waals surface area contributed by atoms with Crippen LogP contribution in [-0.4, -0.2) is 24.1 Å². The molecule has 0 atom stereocenters. The highest BCUT2D eigenvalue weighted by Crippen LogP contribution is 2.33. The molecular weight excluding hydrogens is 400 g/mol. The van der Waals surface area contributed by atoms with Crippen LogP contribution >= 0.6 is 0 Å². The number of hydrogen-bond donors (Lipinski definition) is 1. The van der Waals surface area contributed by atoms with Gasteiger partial charge >= 0.3 is 0 Å². The highest BCUT2D eigenvalue weighted by molar-refractivity contribution is 5.95. The fourth-order valence-electron chi connectivity index (χ4n) is 3.62. The Hall–Kier alpha value is -3.94. The van der Waals surface area contributed by atoms with Gasteiger partial charge < -0.3 is 28.8 Å². The number of nitrogens with zero attached hydrogens (tertiary/aromatic N) is 1. The monoisotopic (exact) mass is 420 g/mol. The molecule has 0 fully saturated rings. The quantitative estimate of drug-likeness (QED) is 0.683. The predicted molar refractivity (Wildman–Crippen MR) is 111 cm³/mol. The average molecular weight is 420 g/mol. The minimum atomic E-state index is -0.416. The first-order chi connectivity index (χ1) is 15.1. The summed E-state index contributed by atoms with van der Waals surface area (Å²) < 4.78 is 22.9. The second-order valence-corrected chi connectivity index (χ2v) is 7.36. The van der Waals surface area contributed by atoms with E-state index in [9.17, 15) is 9.59 Å². The van der Waals surface area contributed by atoms with Crippen LogP contribution in [0.2, 0.25) is 0 Å². The Morgan fingerprint density at radius 1 is 0.903 bits per heavy atom. The van der Waals surface area contributed by atoms with Crippen LogP contribution in [0.3, 0.4) is 0 Å². The fraction of sp³-hybridized carbons (Fsp3) is 0.217. The van der Waals surface area contributed by atoms with Crippen molar-refractivity contribution in [1.29, 1.82) is 0 Å². The van der Waals surface area contributed by atoms with E-state index in [2.05, 4.69) is 5.32 Å². The van der Waals surface area contributed by atoms with Crippen molar-refractivity contribution < 1.29 is 23.7 Å². The van der Waals surface area contributed by atoms with E-state index in [-0.39, 0.29) is 31.3 Å².